The molecular weight excluding hydrogens is 296 g/mol. The maximum absolute atomic E-state index is 12.2. The van der Waals surface area contributed by atoms with Gasteiger partial charge in [0, 0.05) is 11.3 Å². The quantitative estimate of drug-likeness (QED) is 0.750. The molecule has 6 heteroatoms. The third kappa shape index (κ3) is 3.06. The Labute approximate surface area is 131 Å². The zero-order valence-electron chi connectivity index (χ0n) is 12.4. The van der Waals surface area contributed by atoms with Gasteiger partial charge in [0.2, 0.25) is 5.91 Å². The monoisotopic (exact) mass is 310 g/mol. The van der Waals surface area contributed by atoms with Gasteiger partial charge in [-0.25, -0.2) is 4.79 Å². The standard InChI is InChI=1S/C17H14N2O4/c1-11(20)12-5-4-6-13(9-12)18-16(21)10-19-14-7-2-3-8-15(14)23-17(19)22/h2-9H,10H2,1H3,(H,18,21). The summed E-state index contributed by atoms with van der Waals surface area (Å²) >= 11 is 0. The minimum atomic E-state index is -0.584. The SMILES string of the molecule is CC(=O)c1cccc(NC(=O)Cn2c(=O)oc3ccccc32)c1. The number of rotatable bonds is 4. The number of anilines is 1. The van der Waals surface area contributed by atoms with Gasteiger partial charge in [0.25, 0.3) is 0 Å². The Bertz CT molecular complexity index is 952. The molecule has 0 spiro atoms. The number of aromatic nitrogens is 1. The number of oxazole rings is 1. The number of amides is 1. The van der Waals surface area contributed by atoms with Crippen LogP contribution < -0.4 is 11.1 Å². The van der Waals surface area contributed by atoms with E-state index in [1.165, 1.54) is 11.5 Å². The van der Waals surface area contributed by atoms with E-state index >= 15 is 0 Å². The molecule has 0 saturated heterocycles. The van der Waals surface area contributed by atoms with Gasteiger partial charge in [-0.05, 0) is 31.2 Å². The van der Waals surface area contributed by atoms with E-state index in [4.69, 9.17) is 4.42 Å². The third-order valence-corrected chi connectivity index (χ3v) is 3.43. The molecule has 116 valence electrons. The molecule has 1 N–H and O–H groups in total. The van der Waals surface area contributed by atoms with Crippen LogP contribution in [0, 0.1) is 0 Å². The van der Waals surface area contributed by atoms with Crippen molar-refractivity contribution >= 4 is 28.5 Å². The van der Waals surface area contributed by atoms with E-state index < -0.39 is 5.76 Å². The summed E-state index contributed by atoms with van der Waals surface area (Å²) < 4.78 is 6.35. The number of para-hydroxylation sites is 2. The molecule has 0 unspecified atom stereocenters. The van der Waals surface area contributed by atoms with E-state index in [0.29, 0.717) is 22.4 Å². The molecule has 0 saturated carbocycles. The number of ketones is 1. The Hall–Kier alpha value is -3.15. The van der Waals surface area contributed by atoms with Gasteiger partial charge in [-0.15, -0.1) is 0 Å². The minimum absolute atomic E-state index is 0.0850. The molecule has 0 aliphatic heterocycles. The third-order valence-electron chi connectivity index (χ3n) is 3.43. The van der Waals surface area contributed by atoms with Crippen LogP contribution in [-0.2, 0) is 11.3 Å². The molecule has 0 aliphatic rings. The number of hydrogen-bond acceptors (Lipinski definition) is 4. The largest absolute Gasteiger partial charge is 0.420 e. The van der Waals surface area contributed by atoms with Gasteiger partial charge in [-0.2, -0.15) is 0 Å². The molecule has 0 bridgehead atoms. The van der Waals surface area contributed by atoms with Gasteiger partial charge in [0.15, 0.2) is 11.4 Å². The van der Waals surface area contributed by atoms with E-state index in [2.05, 4.69) is 5.32 Å². The predicted octanol–water partition coefficient (Wildman–Crippen LogP) is 2.44. The van der Waals surface area contributed by atoms with Crippen LogP contribution in [0.4, 0.5) is 5.69 Å². The van der Waals surface area contributed by atoms with Crippen LogP contribution in [0.15, 0.2) is 57.7 Å². The maximum atomic E-state index is 12.2. The van der Waals surface area contributed by atoms with Crippen molar-refractivity contribution in [2.24, 2.45) is 0 Å². The molecule has 1 heterocycles. The molecule has 0 atom stereocenters. The molecule has 3 rings (SSSR count). The number of nitrogens with one attached hydrogen (secondary N) is 1. The van der Waals surface area contributed by atoms with Crippen molar-refractivity contribution in [2.75, 3.05) is 5.32 Å². The number of benzene rings is 2. The van der Waals surface area contributed by atoms with Crippen LogP contribution in [0.25, 0.3) is 11.1 Å². The van der Waals surface area contributed by atoms with E-state index in [1.54, 1.807) is 48.5 Å². The average Bonchev–Trinajstić information content (AvgIpc) is 2.83. The normalized spacial score (nSPS) is 10.7. The molecule has 23 heavy (non-hydrogen) atoms. The molecule has 3 aromatic rings. The molecule has 0 radical (unpaired) electrons. The highest BCUT2D eigenvalue weighted by atomic mass is 16.4. The van der Waals surface area contributed by atoms with Crippen molar-refractivity contribution in [3.63, 3.8) is 0 Å². The van der Waals surface area contributed by atoms with E-state index in [9.17, 15) is 14.4 Å². The first-order chi connectivity index (χ1) is 11.0. The van der Waals surface area contributed by atoms with Crippen LogP contribution in [0.1, 0.15) is 17.3 Å². The topological polar surface area (TPSA) is 81.3 Å². The number of hydrogen-bond donors (Lipinski definition) is 1. The van der Waals surface area contributed by atoms with Gasteiger partial charge in [-0.1, -0.05) is 24.3 Å². The fourth-order valence-corrected chi connectivity index (χ4v) is 2.32. The smallest absolute Gasteiger partial charge is 0.408 e. The number of nitrogens with zero attached hydrogens (tertiary/aromatic N) is 1. The zero-order chi connectivity index (χ0) is 16.4. The summed E-state index contributed by atoms with van der Waals surface area (Å²) in [4.78, 5) is 35.4. The van der Waals surface area contributed by atoms with E-state index in [-0.39, 0.29) is 18.2 Å². The van der Waals surface area contributed by atoms with Crippen LogP contribution in [0.3, 0.4) is 0 Å². The summed E-state index contributed by atoms with van der Waals surface area (Å²) in [5.74, 6) is -1.05. The Morgan fingerprint density at radius 1 is 1.13 bits per heavy atom. The Morgan fingerprint density at radius 2 is 1.91 bits per heavy atom. The second-order valence-corrected chi connectivity index (χ2v) is 5.11. The maximum Gasteiger partial charge on any atom is 0.420 e. The lowest BCUT2D eigenvalue weighted by Gasteiger charge is -2.06. The Balaban J connectivity index is 1.82. The lowest BCUT2D eigenvalue weighted by Crippen LogP contribution is -2.24. The van der Waals surface area contributed by atoms with Crippen LogP contribution >= 0.6 is 0 Å². The molecule has 1 amide bonds. The van der Waals surface area contributed by atoms with Gasteiger partial charge in [-0.3, -0.25) is 14.2 Å². The molecule has 6 nitrogen and oxygen atoms in total. The van der Waals surface area contributed by atoms with E-state index in [0.717, 1.165) is 0 Å². The Morgan fingerprint density at radius 3 is 2.70 bits per heavy atom. The number of carbonyl (C=O) groups excluding carboxylic acids is 2. The van der Waals surface area contributed by atoms with Gasteiger partial charge in [0.05, 0.1) is 5.52 Å². The number of fused-ring (bicyclic) bond motifs is 1. The fourth-order valence-electron chi connectivity index (χ4n) is 2.32. The van der Waals surface area contributed by atoms with E-state index in [1.807, 2.05) is 0 Å². The van der Waals surface area contributed by atoms with Crippen molar-refractivity contribution in [1.82, 2.24) is 4.57 Å². The highest BCUT2D eigenvalue weighted by Gasteiger charge is 2.12. The summed E-state index contributed by atoms with van der Waals surface area (Å²) in [7, 11) is 0. The fraction of sp³-hybridized carbons (Fsp3) is 0.118. The van der Waals surface area contributed by atoms with Crippen molar-refractivity contribution in [3.8, 4) is 0 Å². The van der Waals surface area contributed by atoms with Gasteiger partial charge >= 0.3 is 5.76 Å². The number of carbonyl (C=O) groups is 2. The van der Waals surface area contributed by atoms with Crippen molar-refractivity contribution in [1.29, 1.82) is 0 Å². The summed E-state index contributed by atoms with van der Waals surface area (Å²) in [5, 5.41) is 2.67. The van der Waals surface area contributed by atoms with Crippen molar-refractivity contribution in [3.05, 3.63) is 64.6 Å². The van der Waals surface area contributed by atoms with Crippen molar-refractivity contribution in [2.45, 2.75) is 13.5 Å². The number of Topliss-reactive ketones (excluding diaryl/α,β-unsaturated/α-hetero) is 1. The molecule has 0 fully saturated rings. The highest BCUT2D eigenvalue weighted by Crippen LogP contribution is 2.13. The molecule has 1 aromatic heterocycles. The minimum Gasteiger partial charge on any atom is -0.408 e. The highest BCUT2D eigenvalue weighted by molar-refractivity contribution is 5.97. The van der Waals surface area contributed by atoms with Gasteiger partial charge < -0.3 is 9.73 Å². The summed E-state index contributed by atoms with van der Waals surface area (Å²) in [6, 6.07) is 13.5. The zero-order valence-corrected chi connectivity index (χ0v) is 12.4. The molecular formula is C17H14N2O4. The lowest BCUT2D eigenvalue weighted by atomic mass is 10.1. The first-order valence-electron chi connectivity index (χ1n) is 7.04. The lowest BCUT2D eigenvalue weighted by molar-refractivity contribution is -0.116. The average molecular weight is 310 g/mol. The van der Waals surface area contributed by atoms with Crippen LogP contribution in [0.5, 0.6) is 0 Å². The predicted molar refractivity (Wildman–Crippen MR) is 85.6 cm³/mol. The van der Waals surface area contributed by atoms with Crippen LogP contribution in [0.2, 0.25) is 0 Å². The van der Waals surface area contributed by atoms with Crippen LogP contribution in [-0.4, -0.2) is 16.3 Å². The Kier molecular flexibility index (Phi) is 3.80. The first kappa shape index (κ1) is 14.8. The molecule has 2 aromatic carbocycles. The summed E-state index contributed by atoms with van der Waals surface area (Å²) in [5.41, 5.74) is 2.01. The summed E-state index contributed by atoms with van der Waals surface area (Å²) in [6.45, 7) is 1.29. The second-order valence-electron chi connectivity index (χ2n) is 5.11. The summed E-state index contributed by atoms with van der Waals surface area (Å²) in [6.07, 6.45) is 0. The van der Waals surface area contributed by atoms with Gasteiger partial charge in [0.1, 0.15) is 6.54 Å². The first-order valence-corrected chi connectivity index (χ1v) is 7.04. The second kappa shape index (κ2) is 5.92. The molecule has 0 aliphatic carbocycles. The van der Waals surface area contributed by atoms with Crippen molar-refractivity contribution < 1.29 is 14.0 Å².